The molecule has 0 amide bonds. The molecule has 0 saturated heterocycles. The second-order valence-electron chi connectivity index (χ2n) is 8.12. The number of nitrogens with zero attached hydrogens (tertiary/aromatic N) is 3. The summed E-state index contributed by atoms with van der Waals surface area (Å²) in [5.74, 6) is 0.863. The number of fused-ring (bicyclic) bond motifs is 1. The summed E-state index contributed by atoms with van der Waals surface area (Å²) < 4.78 is 0. The van der Waals surface area contributed by atoms with Crippen molar-refractivity contribution in [2.24, 2.45) is 0 Å². The van der Waals surface area contributed by atoms with Crippen LogP contribution in [0.2, 0.25) is 0 Å². The Hall–Kier alpha value is -4.14. The van der Waals surface area contributed by atoms with E-state index in [1.165, 1.54) is 10.9 Å². The molecular weight excluding hydrogens is 406 g/mol. The highest BCUT2D eigenvalue weighted by Gasteiger charge is 2.16. The van der Waals surface area contributed by atoms with Gasteiger partial charge in [-0.25, -0.2) is 4.98 Å². The summed E-state index contributed by atoms with van der Waals surface area (Å²) in [5, 5.41) is 10.7. The van der Waals surface area contributed by atoms with E-state index in [9.17, 15) is 5.26 Å². The highest BCUT2D eigenvalue weighted by molar-refractivity contribution is 5.83. The molecule has 5 heteroatoms. The summed E-state index contributed by atoms with van der Waals surface area (Å²) >= 11 is 0. The Morgan fingerprint density at radius 3 is 2.30 bits per heavy atom. The summed E-state index contributed by atoms with van der Waals surface area (Å²) in [6.45, 7) is 1.71. The average Bonchev–Trinajstić information content (AvgIpc) is 3.48. The van der Waals surface area contributed by atoms with Gasteiger partial charge in [0, 0.05) is 34.8 Å². The SMILES string of the molecule is N#CCN(CCc1c[nH]c2ccccc12)Cc1nc(-c2ccccc2)c(-c2ccccc2)[nH]1. The van der Waals surface area contributed by atoms with E-state index in [-0.39, 0.29) is 0 Å². The van der Waals surface area contributed by atoms with Gasteiger partial charge in [-0.3, -0.25) is 4.90 Å². The van der Waals surface area contributed by atoms with Crippen molar-refractivity contribution in [2.45, 2.75) is 13.0 Å². The van der Waals surface area contributed by atoms with Crippen LogP contribution in [0.3, 0.4) is 0 Å². The number of H-pyrrole nitrogens is 2. The maximum atomic E-state index is 9.43. The Balaban J connectivity index is 1.40. The fourth-order valence-corrected chi connectivity index (χ4v) is 4.26. The Labute approximate surface area is 193 Å². The number of nitriles is 1. The molecule has 0 aliphatic heterocycles. The third-order valence-corrected chi connectivity index (χ3v) is 5.90. The average molecular weight is 432 g/mol. The fourth-order valence-electron chi connectivity index (χ4n) is 4.26. The molecule has 0 atom stereocenters. The number of aromatic nitrogens is 3. The van der Waals surface area contributed by atoms with E-state index >= 15 is 0 Å². The number of aromatic amines is 2. The predicted octanol–water partition coefficient (Wildman–Crippen LogP) is 5.79. The minimum absolute atomic E-state index is 0.352. The molecule has 162 valence electrons. The number of rotatable bonds is 8. The Bertz CT molecular complexity index is 1320. The summed E-state index contributed by atoms with van der Waals surface area (Å²) in [6.07, 6.45) is 2.94. The molecule has 0 aliphatic rings. The van der Waals surface area contributed by atoms with Gasteiger partial charge in [0.25, 0.3) is 0 Å². The van der Waals surface area contributed by atoms with Crippen LogP contribution in [0.5, 0.6) is 0 Å². The first-order valence-electron chi connectivity index (χ1n) is 11.2. The summed E-state index contributed by atoms with van der Waals surface area (Å²) in [7, 11) is 0. The lowest BCUT2D eigenvalue weighted by atomic mass is 10.1. The number of para-hydroxylation sites is 1. The van der Waals surface area contributed by atoms with Crippen LogP contribution in [0, 0.1) is 11.3 Å². The van der Waals surface area contributed by atoms with E-state index in [1.54, 1.807) is 0 Å². The molecule has 2 aromatic heterocycles. The topological polar surface area (TPSA) is 71.5 Å². The van der Waals surface area contributed by atoms with Crippen molar-refractivity contribution in [3.63, 3.8) is 0 Å². The van der Waals surface area contributed by atoms with Crippen LogP contribution in [-0.4, -0.2) is 32.9 Å². The van der Waals surface area contributed by atoms with Crippen molar-refractivity contribution < 1.29 is 0 Å². The molecule has 0 bridgehead atoms. The van der Waals surface area contributed by atoms with Crippen LogP contribution < -0.4 is 0 Å². The predicted molar refractivity (Wildman–Crippen MR) is 132 cm³/mol. The van der Waals surface area contributed by atoms with Crippen LogP contribution in [0.15, 0.2) is 91.1 Å². The van der Waals surface area contributed by atoms with Gasteiger partial charge in [-0.05, 0) is 18.1 Å². The van der Waals surface area contributed by atoms with Gasteiger partial charge in [0.1, 0.15) is 5.82 Å². The van der Waals surface area contributed by atoms with E-state index in [0.29, 0.717) is 13.1 Å². The van der Waals surface area contributed by atoms with Crippen molar-refractivity contribution in [3.05, 3.63) is 103 Å². The molecule has 5 rings (SSSR count). The Morgan fingerprint density at radius 2 is 1.55 bits per heavy atom. The number of hydrogen-bond donors (Lipinski definition) is 2. The third kappa shape index (κ3) is 4.57. The van der Waals surface area contributed by atoms with Crippen LogP contribution in [0.25, 0.3) is 33.4 Å². The minimum Gasteiger partial charge on any atom is -0.361 e. The number of nitrogens with one attached hydrogen (secondary N) is 2. The van der Waals surface area contributed by atoms with E-state index in [1.807, 2.05) is 42.5 Å². The van der Waals surface area contributed by atoms with Gasteiger partial charge in [0.05, 0.1) is 30.5 Å². The lowest BCUT2D eigenvalue weighted by Crippen LogP contribution is -2.26. The standard InChI is InChI=1S/C28H25N5/c29-16-18-33(17-15-23-19-30-25-14-8-7-13-24(23)25)20-26-31-27(21-9-3-1-4-10-21)28(32-26)22-11-5-2-6-12-22/h1-14,19,30H,15,17-18,20H2,(H,31,32). The first-order chi connectivity index (χ1) is 16.3. The molecule has 0 aliphatic carbocycles. The number of hydrogen-bond acceptors (Lipinski definition) is 3. The quantitative estimate of drug-likeness (QED) is 0.305. The first-order valence-corrected chi connectivity index (χ1v) is 11.2. The van der Waals surface area contributed by atoms with Crippen LogP contribution in [0.1, 0.15) is 11.4 Å². The van der Waals surface area contributed by atoms with Crippen LogP contribution in [-0.2, 0) is 13.0 Å². The summed E-state index contributed by atoms with van der Waals surface area (Å²) in [6, 6.07) is 31.1. The molecule has 2 heterocycles. The molecule has 2 N–H and O–H groups in total. The zero-order chi connectivity index (χ0) is 22.5. The molecule has 3 aromatic carbocycles. The van der Waals surface area contributed by atoms with Crippen molar-refractivity contribution in [3.8, 4) is 28.6 Å². The highest BCUT2D eigenvalue weighted by Crippen LogP contribution is 2.30. The normalized spacial score (nSPS) is 11.2. The molecular formula is C28H25N5. The second-order valence-corrected chi connectivity index (χ2v) is 8.12. The van der Waals surface area contributed by atoms with Crippen molar-refractivity contribution in [1.82, 2.24) is 19.9 Å². The van der Waals surface area contributed by atoms with E-state index in [0.717, 1.165) is 46.8 Å². The molecule has 0 unspecified atom stereocenters. The van der Waals surface area contributed by atoms with E-state index < -0.39 is 0 Å². The number of benzene rings is 3. The van der Waals surface area contributed by atoms with Crippen molar-refractivity contribution in [2.75, 3.05) is 13.1 Å². The lowest BCUT2D eigenvalue weighted by molar-refractivity contribution is 0.295. The summed E-state index contributed by atoms with van der Waals surface area (Å²) in [4.78, 5) is 14.0. The monoisotopic (exact) mass is 431 g/mol. The van der Waals surface area contributed by atoms with Crippen molar-refractivity contribution in [1.29, 1.82) is 5.26 Å². The zero-order valence-corrected chi connectivity index (χ0v) is 18.3. The van der Waals surface area contributed by atoms with Gasteiger partial charge in [-0.1, -0.05) is 78.9 Å². The highest BCUT2D eigenvalue weighted by atomic mass is 15.1. The molecule has 5 aromatic rings. The minimum atomic E-state index is 0.352. The zero-order valence-electron chi connectivity index (χ0n) is 18.3. The van der Waals surface area contributed by atoms with Crippen LogP contribution >= 0.6 is 0 Å². The maximum absolute atomic E-state index is 9.43. The molecule has 5 nitrogen and oxygen atoms in total. The Kier molecular flexibility index (Phi) is 6.01. The van der Waals surface area contributed by atoms with Crippen molar-refractivity contribution >= 4 is 10.9 Å². The van der Waals surface area contributed by atoms with Gasteiger partial charge in [-0.2, -0.15) is 5.26 Å². The van der Waals surface area contributed by atoms with Gasteiger partial charge in [-0.15, -0.1) is 0 Å². The second kappa shape index (κ2) is 9.56. The summed E-state index contributed by atoms with van der Waals surface area (Å²) in [5.41, 5.74) is 6.52. The molecule has 0 spiro atoms. The molecule has 0 radical (unpaired) electrons. The van der Waals surface area contributed by atoms with Gasteiger partial charge in [0.2, 0.25) is 0 Å². The molecule has 0 saturated carbocycles. The van der Waals surface area contributed by atoms with E-state index in [2.05, 4.69) is 69.6 Å². The maximum Gasteiger partial charge on any atom is 0.121 e. The smallest absolute Gasteiger partial charge is 0.121 e. The first kappa shape index (κ1) is 20.7. The largest absolute Gasteiger partial charge is 0.361 e. The van der Waals surface area contributed by atoms with Gasteiger partial charge < -0.3 is 9.97 Å². The third-order valence-electron chi connectivity index (χ3n) is 5.90. The molecule has 33 heavy (non-hydrogen) atoms. The van der Waals surface area contributed by atoms with Gasteiger partial charge >= 0.3 is 0 Å². The molecule has 0 fully saturated rings. The van der Waals surface area contributed by atoms with E-state index in [4.69, 9.17) is 4.98 Å². The Morgan fingerprint density at radius 1 is 0.848 bits per heavy atom. The van der Waals surface area contributed by atoms with Crippen LogP contribution in [0.4, 0.5) is 0 Å². The van der Waals surface area contributed by atoms with Gasteiger partial charge in [0.15, 0.2) is 0 Å². The fraction of sp³-hybridized carbons (Fsp3) is 0.143. The lowest BCUT2D eigenvalue weighted by Gasteiger charge is -2.17. The number of imidazole rings is 1.